The van der Waals surface area contributed by atoms with Crippen LogP contribution in [0.15, 0.2) is 24.3 Å². The van der Waals surface area contributed by atoms with Crippen molar-refractivity contribution in [3.8, 4) is 0 Å². The Kier molecular flexibility index (Phi) is 10.3. The van der Waals surface area contributed by atoms with Crippen LogP contribution in [0.4, 0.5) is 5.69 Å². The highest BCUT2D eigenvalue weighted by Gasteiger charge is 2.06. The van der Waals surface area contributed by atoms with Crippen molar-refractivity contribution < 1.29 is 19.3 Å². The molecule has 1 aromatic carbocycles. The zero-order chi connectivity index (χ0) is 16.3. The summed E-state index contributed by atoms with van der Waals surface area (Å²) >= 11 is 4.44. The molecule has 0 aliphatic rings. The molecule has 0 spiro atoms. The average molecular weight is 333 g/mol. The van der Waals surface area contributed by atoms with Crippen LogP contribution in [0.2, 0.25) is 0 Å². The number of carbonyl (C=O) groups is 1. The number of hydrogen-bond donors (Lipinski definition) is 3. The molecule has 0 aromatic heterocycles. The van der Waals surface area contributed by atoms with Crippen LogP contribution in [-0.2, 0) is 21.3 Å². The quantitative estimate of drug-likeness (QED) is 0.321. The Balaban J connectivity index is 0.000000423. The third-order valence-corrected chi connectivity index (χ3v) is 4.08. The van der Waals surface area contributed by atoms with Gasteiger partial charge in [-0.25, -0.2) is 0 Å². The normalized spacial score (nSPS) is 10.5. The van der Waals surface area contributed by atoms with Crippen LogP contribution in [0.5, 0.6) is 0 Å². The summed E-state index contributed by atoms with van der Waals surface area (Å²) in [5, 5.41) is 0. The van der Waals surface area contributed by atoms with E-state index in [0.717, 1.165) is 12.1 Å². The van der Waals surface area contributed by atoms with Crippen molar-refractivity contribution in [3.05, 3.63) is 29.8 Å². The van der Waals surface area contributed by atoms with Gasteiger partial charge in [-0.3, -0.25) is 4.79 Å². The maximum Gasteiger partial charge on any atom is 0.305 e. The molecule has 120 valence electrons. The smallest absolute Gasteiger partial charge is 0.305 e. The summed E-state index contributed by atoms with van der Waals surface area (Å²) in [6.07, 6.45) is 2.79. The van der Waals surface area contributed by atoms with Crippen molar-refractivity contribution in [2.24, 2.45) is 0 Å². The van der Waals surface area contributed by atoms with Gasteiger partial charge < -0.3 is 20.3 Å². The second kappa shape index (κ2) is 10.7. The number of methoxy groups -OCH3 is 1. The van der Waals surface area contributed by atoms with Crippen LogP contribution in [0, 0.1) is 6.92 Å². The Labute approximate surface area is 131 Å². The highest BCUT2D eigenvalue weighted by atomic mass is 32.5. The molecule has 0 heterocycles. The molecule has 1 aromatic rings. The van der Waals surface area contributed by atoms with E-state index in [1.54, 1.807) is 0 Å². The van der Waals surface area contributed by atoms with Gasteiger partial charge in [0.15, 0.2) is 6.49 Å². The van der Waals surface area contributed by atoms with Crippen molar-refractivity contribution in [3.63, 3.8) is 0 Å². The van der Waals surface area contributed by atoms with Crippen LogP contribution in [-0.4, -0.2) is 29.0 Å². The molecule has 5 nitrogen and oxygen atoms in total. The summed E-state index contributed by atoms with van der Waals surface area (Å²) < 4.78 is 4.45. The fourth-order valence-corrected chi connectivity index (χ4v) is 2.46. The maximum atomic E-state index is 10.6. The first-order valence-corrected chi connectivity index (χ1v) is 9.57. The molecule has 0 aliphatic carbocycles. The number of nitrogen functional groups attached to an aromatic ring is 1. The number of ether oxygens (including phenoxy) is 1. The monoisotopic (exact) mass is 333 g/mol. The van der Waals surface area contributed by atoms with Crippen LogP contribution in [0.3, 0.4) is 0 Å². The van der Waals surface area contributed by atoms with E-state index in [0.29, 0.717) is 19.3 Å². The molecule has 4 N–H and O–H groups in total. The Morgan fingerprint density at radius 3 is 2.24 bits per heavy atom. The van der Waals surface area contributed by atoms with Gasteiger partial charge in [-0.2, -0.15) is 0 Å². The molecule has 1 rings (SSSR count). The van der Waals surface area contributed by atoms with Crippen LogP contribution >= 0.6 is 6.49 Å². The molecule has 0 amide bonds. The predicted octanol–water partition coefficient (Wildman–Crippen LogP) is 2.59. The molecule has 0 saturated carbocycles. The number of anilines is 1. The minimum atomic E-state index is -3.02. The number of hydrogen-bond acceptors (Lipinski definition) is 4. The fraction of sp³-hybridized carbons (Fsp3) is 0.500. The van der Waals surface area contributed by atoms with Crippen LogP contribution in [0.25, 0.3) is 0 Å². The third-order valence-electron chi connectivity index (χ3n) is 2.64. The van der Waals surface area contributed by atoms with Gasteiger partial charge in [0, 0.05) is 18.3 Å². The second-order valence-electron chi connectivity index (χ2n) is 4.69. The Hall–Kier alpha value is -0.940. The lowest BCUT2D eigenvalue weighted by atomic mass is 10.2. The van der Waals surface area contributed by atoms with Gasteiger partial charge in [0.05, 0.1) is 7.11 Å². The number of unbranched alkanes of at least 4 members (excludes halogenated alkanes) is 2. The van der Waals surface area contributed by atoms with Crippen molar-refractivity contribution in [2.45, 2.75) is 32.6 Å². The summed E-state index contributed by atoms with van der Waals surface area (Å²) in [7, 11) is 1.35. The first kappa shape index (κ1) is 20.1. The topological polar surface area (TPSA) is 92.8 Å². The summed E-state index contributed by atoms with van der Waals surface area (Å²) in [4.78, 5) is 28.4. The molecule has 0 atom stereocenters. The van der Waals surface area contributed by atoms with E-state index in [1.165, 1.54) is 12.7 Å². The molecule has 0 saturated heterocycles. The first-order chi connectivity index (χ1) is 9.74. The Bertz CT molecular complexity index is 438. The van der Waals surface area contributed by atoms with E-state index in [4.69, 9.17) is 15.5 Å². The zero-order valence-electron chi connectivity index (χ0n) is 12.5. The summed E-state index contributed by atoms with van der Waals surface area (Å²) in [6, 6.07) is 7.79. The lowest BCUT2D eigenvalue weighted by Crippen LogP contribution is -1.99. The predicted molar refractivity (Wildman–Crippen MR) is 89.7 cm³/mol. The zero-order valence-corrected chi connectivity index (χ0v) is 14.2. The van der Waals surface area contributed by atoms with Crippen molar-refractivity contribution >= 4 is 30.0 Å². The van der Waals surface area contributed by atoms with Gasteiger partial charge in [0.25, 0.3) is 0 Å². The minimum absolute atomic E-state index is 0.229. The van der Waals surface area contributed by atoms with Gasteiger partial charge in [-0.05, 0) is 43.7 Å². The largest absolute Gasteiger partial charge is 0.469 e. The van der Waals surface area contributed by atoms with Gasteiger partial charge in [0.1, 0.15) is 0 Å². The molecule has 21 heavy (non-hydrogen) atoms. The molecular formula is C14H24NO4PS. The molecule has 7 heteroatoms. The summed E-state index contributed by atoms with van der Waals surface area (Å²) in [5.41, 5.74) is 7.51. The summed E-state index contributed by atoms with van der Waals surface area (Å²) in [6.45, 7) is -0.978. The van der Waals surface area contributed by atoms with E-state index >= 15 is 0 Å². The number of nitrogens with two attached hydrogens (primary N) is 1. The second-order valence-corrected chi connectivity index (χ2v) is 8.22. The number of rotatable bonds is 6. The van der Waals surface area contributed by atoms with E-state index in [9.17, 15) is 4.79 Å². The maximum absolute atomic E-state index is 10.6. The number of benzene rings is 1. The molecule has 0 radical (unpaired) electrons. The van der Waals surface area contributed by atoms with Gasteiger partial charge in [-0.1, -0.05) is 24.1 Å². The fourth-order valence-electron chi connectivity index (χ4n) is 1.43. The lowest BCUT2D eigenvalue weighted by molar-refractivity contribution is -0.140. The van der Waals surface area contributed by atoms with Gasteiger partial charge >= 0.3 is 5.97 Å². The molecular weight excluding hydrogens is 309 g/mol. The van der Waals surface area contributed by atoms with E-state index in [1.807, 2.05) is 31.2 Å². The highest BCUT2D eigenvalue weighted by molar-refractivity contribution is 8.09. The van der Waals surface area contributed by atoms with Crippen molar-refractivity contribution in [1.82, 2.24) is 0 Å². The Morgan fingerprint density at radius 2 is 1.81 bits per heavy atom. The number of esters is 1. The molecule has 0 unspecified atom stereocenters. The van der Waals surface area contributed by atoms with E-state index < -0.39 is 6.49 Å². The van der Waals surface area contributed by atoms with Crippen molar-refractivity contribution in [2.75, 3.05) is 19.0 Å². The number of aryl methyl sites for hydroxylation is 1. The van der Waals surface area contributed by atoms with Gasteiger partial charge in [0.2, 0.25) is 0 Å². The SMILES string of the molecule is COC(=O)CCCCCP(O)(O)=S.Cc1ccc(N)cc1. The minimum Gasteiger partial charge on any atom is -0.469 e. The third kappa shape index (κ3) is 13.8. The standard InChI is InChI=1S/C7H9N.C7H15O4PS/c1-6-2-4-7(8)5-3-6;1-11-7(8)5-3-2-4-6-12(9,10)13/h2-5H,8H2,1H3;2-6H2,1H3,(H2,9,10,13). The number of carbonyl (C=O) groups excluding carboxylic acids is 1. The van der Waals surface area contributed by atoms with Gasteiger partial charge in [-0.15, -0.1) is 0 Å². The Morgan fingerprint density at radius 1 is 1.24 bits per heavy atom. The van der Waals surface area contributed by atoms with Crippen molar-refractivity contribution in [1.29, 1.82) is 0 Å². The lowest BCUT2D eigenvalue weighted by Gasteiger charge is -2.05. The highest BCUT2D eigenvalue weighted by Crippen LogP contribution is 2.35. The van der Waals surface area contributed by atoms with E-state index in [-0.39, 0.29) is 12.1 Å². The first-order valence-electron chi connectivity index (χ1n) is 6.68. The van der Waals surface area contributed by atoms with Crippen LogP contribution < -0.4 is 5.73 Å². The molecule has 0 fully saturated rings. The van der Waals surface area contributed by atoms with E-state index in [2.05, 4.69) is 16.5 Å². The van der Waals surface area contributed by atoms with Crippen LogP contribution in [0.1, 0.15) is 31.2 Å². The molecule has 0 bridgehead atoms. The average Bonchev–Trinajstić information content (AvgIpc) is 2.41. The summed E-state index contributed by atoms with van der Waals surface area (Å²) in [5.74, 6) is -0.229. The molecule has 0 aliphatic heterocycles.